The molecule has 1 aromatic heterocycles. The van der Waals surface area contributed by atoms with E-state index in [0.29, 0.717) is 5.92 Å². The smallest absolute Gasteiger partial charge is 0.193 e. The Hall–Kier alpha value is -1.61. The molecule has 0 spiro atoms. The average Bonchev–Trinajstić information content (AvgIpc) is 2.99. The lowest BCUT2D eigenvalue weighted by Crippen LogP contribution is -2.42. The maximum atomic E-state index is 4.61. The van der Waals surface area contributed by atoms with E-state index in [0.717, 1.165) is 24.7 Å². The quantitative estimate of drug-likeness (QED) is 0.361. The van der Waals surface area contributed by atoms with Gasteiger partial charge in [0.1, 0.15) is 0 Å². The molecule has 156 valence electrons. The number of aryl methyl sites for hydroxylation is 1. The zero-order valence-corrected chi connectivity index (χ0v) is 20.5. The van der Waals surface area contributed by atoms with Crippen LogP contribution in [0.2, 0.25) is 0 Å². The minimum Gasteiger partial charge on any atom is -0.354 e. The van der Waals surface area contributed by atoms with Crippen LogP contribution in [0.5, 0.6) is 0 Å². The summed E-state index contributed by atoms with van der Waals surface area (Å²) in [5.74, 6) is 1.29. The van der Waals surface area contributed by atoms with E-state index < -0.39 is 0 Å². The molecule has 1 aromatic carbocycles. The second-order valence-corrected chi connectivity index (χ2v) is 7.54. The number of halogens is 1. The molecule has 1 unspecified atom stereocenters. The monoisotopic (exact) mass is 498 g/mol. The van der Waals surface area contributed by atoms with Gasteiger partial charge in [0.2, 0.25) is 0 Å². The molecule has 1 atom stereocenters. The van der Waals surface area contributed by atoms with Crippen molar-refractivity contribution in [2.24, 2.45) is 12.0 Å². The Morgan fingerprint density at radius 3 is 2.36 bits per heavy atom. The van der Waals surface area contributed by atoms with Gasteiger partial charge in [0.25, 0.3) is 0 Å². The topological polar surface area (TPSA) is 48.7 Å². The maximum Gasteiger partial charge on any atom is 0.193 e. The molecule has 6 nitrogen and oxygen atoms in total. The van der Waals surface area contributed by atoms with Crippen LogP contribution in [0.4, 0.5) is 0 Å². The number of nitrogens with one attached hydrogen (secondary N) is 1. The summed E-state index contributed by atoms with van der Waals surface area (Å²) >= 11 is 0. The van der Waals surface area contributed by atoms with Gasteiger partial charge in [-0.05, 0) is 25.6 Å². The largest absolute Gasteiger partial charge is 0.354 e. The SMILES string of the molecule is CN=C(NCC(c1ccccc1)N(C)C)N(C)Cc1cn(C)nc1C(C)C.I. The highest BCUT2D eigenvalue weighted by Gasteiger charge is 2.18. The summed E-state index contributed by atoms with van der Waals surface area (Å²) in [6.07, 6.45) is 2.10. The predicted octanol–water partition coefficient (Wildman–Crippen LogP) is 3.47. The molecule has 0 saturated heterocycles. The zero-order chi connectivity index (χ0) is 20.0. The first kappa shape index (κ1) is 24.4. The highest BCUT2D eigenvalue weighted by atomic mass is 127. The molecule has 0 fully saturated rings. The highest BCUT2D eigenvalue weighted by Crippen LogP contribution is 2.19. The normalized spacial score (nSPS) is 12.8. The molecule has 2 aromatic rings. The second kappa shape index (κ2) is 11.4. The highest BCUT2D eigenvalue weighted by molar-refractivity contribution is 14.0. The molecule has 1 heterocycles. The summed E-state index contributed by atoms with van der Waals surface area (Å²) in [5.41, 5.74) is 3.68. The second-order valence-electron chi connectivity index (χ2n) is 7.54. The van der Waals surface area contributed by atoms with Crippen molar-refractivity contribution in [2.75, 3.05) is 34.7 Å². The third-order valence-electron chi connectivity index (χ3n) is 4.73. The van der Waals surface area contributed by atoms with Gasteiger partial charge in [0, 0.05) is 46.0 Å². The Labute approximate surface area is 187 Å². The fraction of sp³-hybridized carbons (Fsp3) is 0.524. The molecule has 0 aliphatic carbocycles. The molecule has 0 aliphatic heterocycles. The van der Waals surface area contributed by atoms with E-state index in [-0.39, 0.29) is 30.0 Å². The fourth-order valence-electron chi connectivity index (χ4n) is 3.34. The molecule has 2 rings (SSSR count). The van der Waals surface area contributed by atoms with E-state index in [9.17, 15) is 0 Å². The van der Waals surface area contributed by atoms with Crippen LogP contribution in [-0.2, 0) is 13.6 Å². The molecule has 0 amide bonds. The van der Waals surface area contributed by atoms with Crippen LogP contribution in [0.15, 0.2) is 41.5 Å². The Morgan fingerprint density at radius 1 is 1.18 bits per heavy atom. The number of hydrogen-bond donors (Lipinski definition) is 1. The average molecular weight is 498 g/mol. The van der Waals surface area contributed by atoms with Crippen molar-refractivity contribution in [3.63, 3.8) is 0 Å². The van der Waals surface area contributed by atoms with Crippen LogP contribution >= 0.6 is 24.0 Å². The third-order valence-corrected chi connectivity index (χ3v) is 4.73. The number of benzene rings is 1. The summed E-state index contributed by atoms with van der Waals surface area (Å²) in [6.45, 7) is 5.93. The van der Waals surface area contributed by atoms with Crippen molar-refractivity contribution in [1.82, 2.24) is 24.9 Å². The van der Waals surface area contributed by atoms with Gasteiger partial charge in [-0.2, -0.15) is 5.10 Å². The molecule has 0 aliphatic rings. The number of guanidine groups is 1. The van der Waals surface area contributed by atoms with E-state index in [1.165, 1.54) is 11.1 Å². The first-order chi connectivity index (χ1) is 12.8. The molecular weight excluding hydrogens is 463 g/mol. The zero-order valence-electron chi connectivity index (χ0n) is 18.2. The minimum atomic E-state index is 0. The number of aromatic nitrogens is 2. The van der Waals surface area contributed by atoms with Crippen LogP contribution in [0.1, 0.15) is 42.6 Å². The number of likely N-dealkylation sites (N-methyl/N-ethyl adjacent to an activating group) is 1. The van der Waals surface area contributed by atoms with E-state index in [4.69, 9.17) is 0 Å². The van der Waals surface area contributed by atoms with Crippen molar-refractivity contribution in [2.45, 2.75) is 32.4 Å². The Balaban J connectivity index is 0.00000392. The minimum absolute atomic E-state index is 0. The fourth-order valence-corrected chi connectivity index (χ4v) is 3.34. The Morgan fingerprint density at radius 2 is 1.82 bits per heavy atom. The van der Waals surface area contributed by atoms with Crippen molar-refractivity contribution in [3.8, 4) is 0 Å². The van der Waals surface area contributed by atoms with Gasteiger partial charge in [0.05, 0.1) is 11.7 Å². The standard InChI is InChI=1S/C21H34N6.HI/c1-16(2)20-18(15-27(7)24-20)14-26(6)21(22-3)23-13-19(25(4)5)17-11-9-8-10-12-17;/h8-12,15-16,19H,13-14H2,1-7H3,(H,22,23);1H. The predicted molar refractivity (Wildman–Crippen MR) is 128 cm³/mol. The Bertz CT molecular complexity index is 739. The van der Waals surface area contributed by atoms with Crippen LogP contribution in [0, 0.1) is 0 Å². The number of rotatable bonds is 7. The number of nitrogens with zero attached hydrogens (tertiary/aromatic N) is 5. The van der Waals surface area contributed by atoms with Gasteiger partial charge in [-0.15, -0.1) is 24.0 Å². The van der Waals surface area contributed by atoms with Crippen LogP contribution in [-0.4, -0.2) is 60.3 Å². The van der Waals surface area contributed by atoms with Gasteiger partial charge in [-0.3, -0.25) is 9.67 Å². The lowest BCUT2D eigenvalue weighted by molar-refractivity contribution is 0.295. The van der Waals surface area contributed by atoms with E-state index >= 15 is 0 Å². The number of aliphatic imine (C=N–C) groups is 1. The van der Waals surface area contributed by atoms with Crippen molar-refractivity contribution >= 4 is 29.9 Å². The first-order valence-electron chi connectivity index (χ1n) is 9.49. The van der Waals surface area contributed by atoms with E-state index in [2.05, 4.69) is 96.7 Å². The molecule has 1 N–H and O–H groups in total. The summed E-state index contributed by atoms with van der Waals surface area (Å²) in [4.78, 5) is 8.86. The van der Waals surface area contributed by atoms with Crippen molar-refractivity contribution < 1.29 is 0 Å². The van der Waals surface area contributed by atoms with Crippen LogP contribution < -0.4 is 5.32 Å². The van der Waals surface area contributed by atoms with Crippen molar-refractivity contribution in [1.29, 1.82) is 0 Å². The Kier molecular flexibility index (Phi) is 9.95. The van der Waals surface area contributed by atoms with Gasteiger partial charge in [-0.25, -0.2) is 0 Å². The molecule has 0 saturated carbocycles. The van der Waals surface area contributed by atoms with Gasteiger partial charge >= 0.3 is 0 Å². The molecule has 7 heteroatoms. The summed E-state index contributed by atoms with van der Waals surface area (Å²) < 4.78 is 1.90. The lowest BCUT2D eigenvalue weighted by atomic mass is 10.1. The first-order valence-corrected chi connectivity index (χ1v) is 9.49. The lowest BCUT2D eigenvalue weighted by Gasteiger charge is -2.28. The molecule has 0 bridgehead atoms. The summed E-state index contributed by atoms with van der Waals surface area (Å²) in [5, 5.41) is 8.14. The van der Waals surface area contributed by atoms with Gasteiger partial charge < -0.3 is 15.1 Å². The van der Waals surface area contributed by atoms with E-state index in [1.807, 2.05) is 18.8 Å². The summed E-state index contributed by atoms with van der Waals surface area (Å²) in [7, 11) is 10.1. The molecular formula is C21H35IN6. The third kappa shape index (κ3) is 6.48. The van der Waals surface area contributed by atoms with Crippen LogP contribution in [0.25, 0.3) is 0 Å². The van der Waals surface area contributed by atoms with E-state index in [1.54, 1.807) is 0 Å². The maximum absolute atomic E-state index is 4.61. The van der Waals surface area contributed by atoms with Crippen LogP contribution in [0.3, 0.4) is 0 Å². The molecule has 28 heavy (non-hydrogen) atoms. The number of hydrogen-bond acceptors (Lipinski definition) is 3. The molecule has 0 radical (unpaired) electrons. The summed E-state index contributed by atoms with van der Waals surface area (Å²) in [6, 6.07) is 10.8. The van der Waals surface area contributed by atoms with Gasteiger partial charge in [0.15, 0.2) is 5.96 Å². The van der Waals surface area contributed by atoms with Gasteiger partial charge in [-0.1, -0.05) is 44.2 Å². The van der Waals surface area contributed by atoms with Crippen molar-refractivity contribution in [3.05, 3.63) is 53.3 Å².